The predicted molar refractivity (Wildman–Crippen MR) is 80.5 cm³/mol. The average Bonchev–Trinajstić information content (AvgIpc) is 2.42. The number of nitrogens with two attached hydrogens (primary N) is 1. The third-order valence-corrected chi connectivity index (χ3v) is 2.76. The molecule has 0 aromatic heterocycles. The molecule has 112 valence electrons. The number of rotatable bonds is 8. The molecule has 1 aromatic rings. The maximum Gasteiger partial charge on any atom is 0.170 e. The molecule has 0 fully saturated rings. The molecule has 1 rings (SSSR count). The van der Waals surface area contributed by atoms with Crippen LogP contribution >= 0.6 is 0 Å². The molecule has 0 radical (unpaired) electrons. The lowest BCUT2D eigenvalue weighted by Gasteiger charge is -2.18. The highest BCUT2D eigenvalue weighted by Crippen LogP contribution is 2.11. The summed E-state index contributed by atoms with van der Waals surface area (Å²) in [5, 5.41) is 14.9. The van der Waals surface area contributed by atoms with Gasteiger partial charge in [-0.1, -0.05) is 5.16 Å². The van der Waals surface area contributed by atoms with Crippen LogP contribution in [0.1, 0.15) is 12.5 Å². The molecular weight excluding hydrogens is 256 g/mol. The van der Waals surface area contributed by atoms with Crippen molar-refractivity contribution in [2.24, 2.45) is 10.9 Å². The molecule has 0 aliphatic rings. The Balaban J connectivity index is 2.29. The summed E-state index contributed by atoms with van der Waals surface area (Å²) in [5.74, 6) is 0.859. The van der Waals surface area contributed by atoms with Crippen molar-refractivity contribution < 1.29 is 9.94 Å². The lowest BCUT2D eigenvalue weighted by molar-refractivity contribution is 0.291. The number of nitrogens with zero attached hydrogens (tertiary/aromatic N) is 2. The molecule has 0 saturated carbocycles. The molecule has 0 amide bonds. The van der Waals surface area contributed by atoms with Gasteiger partial charge in [0.2, 0.25) is 0 Å². The number of nitrogens with one attached hydrogen (secondary N) is 1. The van der Waals surface area contributed by atoms with Crippen LogP contribution in [0.3, 0.4) is 0 Å². The number of likely N-dealkylation sites (N-methyl/N-ethyl adjacent to an activating group) is 1. The van der Waals surface area contributed by atoms with E-state index >= 15 is 0 Å². The lowest BCUT2D eigenvalue weighted by Crippen LogP contribution is -2.37. The van der Waals surface area contributed by atoms with E-state index in [0.29, 0.717) is 18.2 Å². The Bertz CT molecular complexity index is 418. The zero-order valence-electron chi connectivity index (χ0n) is 12.3. The predicted octanol–water partition coefficient (Wildman–Crippen LogP) is 0.700. The molecule has 1 unspecified atom stereocenters. The van der Waals surface area contributed by atoms with Gasteiger partial charge in [0.05, 0.1) is 0 Å². The summed E-state index contributed by atoms with van der Waals surface area (Å²) in [4.78, 5) is 2.14. The van der Waals surface area contributed by atoms with E-state index < -0.39 is 0 Å². The molecule has 1 aromatic carbocycles. The van der Waals surface area contributed by atoms with Gasteiger partial charge in [0.15, 0.2) is 5.84 Å². The maximum absolute atomic E-state index is 8.57. The second-order valence-corrected chi connectivity index (χ2v) is 4.98. The van der Waals surface area contributed by atoms with Gasteiger partial charge in [0, 0.05) is 24.7 Å². The minimum absolute atomic E-state index is 0.0933. The zero-order valence-corrected chi connectivity index (χ0v) is 12.3. The zero-order chi connectivity index (χ0) is 15.0. The van der Waals surface area contributed by atoms with Crippen molar-refractivity contribution in [2.75, 3.05) is 33.8 Å². The highest BCUT2D eigenvalue weighted by molar-refractivity contribution is 5.97. The van der Waals surface area contributed by atoms with Crippen LogP contribution in [0.2, 0.25) is 0 Å². The highest BCUT2D eigenvalue weighted by Gasteiger charge is 2.03. The monoisotopic (exact) mass is 280 g/mol. The fraction of sp³-hybridized carbons (Fsp3) is 0.500. The van der Waals surface area contributed by atoms with Crippen molar-refractivity contribution in [1.82, 2.24) is 10.2 Å². The van der Waals surface area contributed by atoms with E-state index in [0.717, 1.165) is 18.8 Å². The van der Waals surface area contributed by atoms with Gasteiger partial charge in [-0.15, -0.1) is 0 Å². The van der Waals surface area contributed by atoms with E-state index in [2.05, 4.69) is 36.4 Å². The summed E-state index contributed by atoms with van der Waals surface area (Å²) < 4.78 is 5.61. The molecule has 0 heterocycles. The minimum Gasteiger partial charge on any atom is -0.492 e. The normalized spacial score (nSPS) is 13.5. The summed E-state index contributed by atoms with van der Waals surface area (Å²) in [6, 6.07) is 7.54. The summed E-state index contributed by atoms with van der Waals surface area (Å²) in [5.41, 5.74) is 6.15. The van der Waals surface area contributed by atoms with Crippen LogP contribution in [0, 0.1) is 0 Å². The van der Waals surface area contributed by atoms with Gasteiger partial charge in [-0.2, -0.15) is 0 Å². The highest BCUT2D eigenvalue weighted by atomic mass is 16.5. The number of hydrogen-bond acceptors (Lipinski definition) is 5. The number of oxime groups is 1. The molecule has 1 atom stereocenters. The van der Waals surface area contributed by atoms with Gasteiger partial charge in [-0.3, -0.25) is 0 Å². The minimum atomic E-state index is 0.0933. The first kappa shape index (κ1) is 16.3. The Morgan fingerprint density at radius 3 is 2.60 bits per heavy atom. The summed E-state index contributed by atoms with van der Waals surface area (Å²) in [6.45, 7) is 4.53. The third kappa shape index (κ3) is 5.90. The van der Waals surface area contributed by atoms with Crippen molar-refractivity contribution in [3.63, 3.8) is 0 Å². The van der Waals surface area contributed by atoms with Gasteiger partial charge in [0.25, 0.3) is 0 Å². The van der Waals surface area contributed by atoms with E-state index in [1.165, 1.54) is 0 Å². The molecule has 0 spiro atoms. The van der Waals surface area contributed by atoms with Crippen LogP contribution in [-0.2, 0) is 0 Å². The molecule has 6 heteroatoms. The molecule has 6 nitrogen and oxygen atoms in total. The molecular formula is C14H24N4O2. The Morgan fingerprint density at radius 1 is 1.40 bits per heavy atom. The molecule has 0 aliphatic heterocycles. The average molecular weight is 280 g/mol. The number of benzene rings is 1. The summed E-state index contributed by atoms with van der Waals surface area (Å²) in [7, 11) is 4.11. The first-order valence-corrected chi connectivity index (χ1v) is 6.61. The van der Waals surface area contributed by atoms with Crippen LogP contribution < -0.4 is 15.8 Å². The van der Waals surface area contributed by atoms with Crippen LogP contribution in [0.25, 0.3) is 0 Å². The standard InChI is InChI=1S/C14H24N4O2/c1-11(10-18(2)3)16-8-9-20-13-6-4-12(5-7-13)14(15)17-19/h4-7,11,16,19H,8-10H2,1-3H3,(H2,15,17). The van der Waals surface area contributed by atoms with Gasteiger partial charge in [-0.25, -0.2) is 0 Å². The van der Waals surface area contributed by atoms with Crippen molar-refractivity contribution in [3.8, 4) is 5.75 Å². The molecule has 0 bridgehead atoms. The second kappa shape index (κ2) is 8.39. The van der Waals surface area contributed by atoms with Crippen molar-refractivity contribution in [3.05, 3.63) is 29.8 Å². The molecule has 0 saturated heterocycles. The Hall–Kier alpha value is -1.79. The maximum atomic E-state index is 8.57. The van der Waals surface area contributed by atoms with Crippen LogP contribution in [0.4, 0.5) is 0 Å². The van der Waals surface area contributed by atoms with Crippen molar-refractivity contribution >= 4 is 5.84 Å². The number of hydrogen-bond donors (Lipinski definition) is 3. The van der Waals surface area contributed by atoms with Gasteiger partial charge >= 0.3 is 0 Å². The second-order valence-electron chi connectivity index (χ2n) is 4.98. The topological polar surface area (TPSA) is 83.1 Å². The number of ether oxygens (including phenoxy) is 1. The fourth-order valence-corrected chi connectivity index (χ4v) is 1.87. The van der Waals surface area contributed by atoms with Gasteiger partial charge in [-0.05, 0) is 45.3 Å². The Morgan fingerprint density at radius 2 is 2.05 bits per heavy atom. The largest absolute Gasteiger partial charge is 0.492 e. The van der Waals surface area contributed by atoms with E-state index in [-0.39, 0.29) is 5.84 Å². The van der Waals surface area contributed by atoms with Crippen LogP contribution in [0.15, 0.2) is 29.4 Å². The summed E-state index contributed by atoms with van der Waals surface area (Å²) in [6.07, 6.45) is 0. The molecule has 4 N–H and O–H groups in total. The van der Waals surface area contributed by atoms with E-state index in [9.17, 15) is 0 Å². The van der Waals surface area contributed by atoms with Gasteiger partial charge < -0.3 is 25.9 Å². The molecule has 20 heavy (non-hydrogen) atoms. The van der Waals surface area contributed by atoms with E-state index in [1.54, 1.807) is 24.3 Å². The van der Waals surface area contributed by atoms with Crippen LogP contribution in [0.5, 0.6) is 5.75 Å². The lowest BCUT2D eigenvalue weighted by atomic mass is 10.2. The van der Waals surface area contributed by atoms with E-state index in [4.69, 9.17) is 15.7 Å². The summed E-state index contributed by atoms with van der Waals surface area (Å²) >= 11 is 0. The quantitative estimate of drug-likeness (QED) is 0.215. The first-order chi connectivity index (χ1) is 9.52. The molecule has 0 aliphatic carbocycles. The number of amidine groups is 1. The van der Waals surface area contributed by atoms with Crippen LogP contribution in [-0.4, -0.2) is 55.8 Å². The fourth-order valence-electron chi connectivity index (χ4n) is 1.87. The third-order valence-electron chi connectivity index (χ3n) is 2.76. The smallest absolute Gasteiger partial charge is 0.170 e. The first-order valence-electron chi connectivity index (χ1n) is 6.61. The van der Waals surface area contributed by atoms with Gasteiger partial charge in [0.1, 0.15) is 12.4 Å². The Kier molecular flexibility index (Phi) is 6.83. The Labute approximate surface area is 120 Å². The van der Waals surface area contributed by atoms with Crippen molar-refractivity contribution in [2.45, 2.75) is 13.0 Å². The van der Waals surface area contributed by atoms with E-state index in [1.807, 2.05) is 0 Å². The van der Waals surface area contributed by atoms with Crippen molar-refractivity contribution in [1.29, 1.82) is 0 Å². The SMILES string of the molecule is CC(CN(C)C)NCCOc1ccc(/C(N)=N/O)cc1.